The van der Waals surface area contributed by atoms with E-state index >= 15 is 0 Å². The van der Waals surface area contributed by atoms with Crippen LogP contribution < -0.4 is 5.32 Å². The highest BCUT2D eigenvalue weighted by atomic mass is 32.1. The molecule has 1 atom stereocenters. The van der Waals surface area contributed by atoms with Crippen LogP contribution in [0.2, 0.25) is 0 Å². The number of hydrogen-bond acceptors (Lipinski definition) is 4. The van der Waals surface area contributed by atoms with E-state index < -0.39 is 0 Å². The molecule has 5 nitrogen and oxygen atoms in total. The van der Waals surface area contributed by atoms with Gasteiger partial charge in [0, 0.05) is 35.4 Å². The molecule has 3 rings (SSSR count). The molecule has 0 unspecified atom stereocenters. The number of carbonyl (C=O) groups is 2. The maximum Gasteiger partial charge on any atom is 0.251 e. The van der Waals surface area contributed by atoms with Crippen molar-refractivity contribution in [1.82, 2.24) is 10.2 Å². The molecule has 1 aromatic heterocycles. The number of amides is 2. The lowest BCUT2D eigenvalue weighted by Crippen LogP contribution is -2.46. The van der Waals surface area contributed by atoms with Crippen LogP contribution in [-0.4, -0.2) is 42.5 Å². The Balaban J connectivity index is 1.42. The molecule has 0 bridgehead atoms. The zero-order chi connectivity index (χ0) is 16.2. The molecule has 1 aromatic rings. The molecular weight excluding hydrogens is 312 g/mol. The van der Waals surface area contributed by atoms with Gasteiger partial charge in [-0.3, -0.25) is 9.59 Å². The summed E-state index contributed by atoms with van der Waals surface area (Å²) in [5.74, 6) is 0.236. The van der Waals surface area contributed by atoms with Crippen molar-refractivity contribution in [3.8, 4) is 0 Å². The van der Waals surface area contributed by atoms with Crippen LogP contribution >= 0.6 is 11.3 Å². The van der Waals surface area contributed by atoms with Gasteiger partial charge in [0.2, 0.25) is 5.91 Å². The van der Waals surface area contributed by atoms with Crippen LogP contribution in [-0.2, 0) is 20.9 Å². The van der Waals surface area contributed by atoms with Crippen molar-refractivity contribution in [2.75, 3.05) is 19.7 Å². The summed E-state index contributed by atoms with van der Waals surface area (Å²) in [6, 6.07) is 4.13. The summed E-state index contributed by atoms with van der Waals surface area (Å²) in [5, 5.41) is 3.02. The van der Waals surface area contributed by atoms with Gasteiger partial charge >= 0.3 is 0 Å². The van der Waals surface area contributed by atoms with E-state index in [0.29, 0.717) is 26.2 Å². The van der Waals surface area contributed by atoms with Crippen LogP contribution in [0, 0.1) is 12.8 Å². The Kier molecular flexibility index (Phi) is 5.33. The molecule has 0 spiro atoms. The van der Waals surface area contributed by atoms with E-state index in [-0.39, 0.29) is 23.8 Å². The summed E-state index contributed by atoms with van der Waals surface area (Å²) >= 11 is 1.71. The summed E-state index contributed by atoms with van der Waals surface area (Å²) in [6.07, 6.45) is 3.04. The first-order valence-corrected chi connectivity index (χ1v) is 9.18. The second-order valence-electron chi connectivity index (χ2n) is 6.33. The van der Waals surface area contributed by atoms with E-state index in [2.05, 4.69) is 24.4 Å². The van der Waals surface area contributed by atoms with Gasteiger partial charge in [-0.1, -0.05) is 0 Å². The highest BCUT2D eigenvalue weighted by molar-refractivity contribution is 7.11. The summed E-state index contributed by atoms with van der Waals surface area (Å²) in [7, 11) is 0. The van der Waals surface area contributed by atoms with Gasteiger partial charge in [0.15, 0.2) is 0 Å². The SMILES string of the molecule is Cc1ccc(CNC(=O)C2CCN(C(=O)[C@@H]3CCCO3)CC2)s1. The molecule has 0 aromatic carbocycles. The van der Waals surface area contributed by atoms with Gasteiger partial charge in [-0.25, -0.2) is 0 Å². The summed E-state index contributed by atoms with van der Waals surface area (Å²) in [5.41, 5.74) is 0. The lowest BCUT2D eigenvalue weighted by molar-refractivity contribution is -0.143. The van der Waals surface area contributed by atoms with E-state index in [1.54, 1.807) is 11.3 Å². The first kappa shape index (κ1) is 16.5. The van der Waals surface area contributed by atoms with Gasteiger partial charge in [-0.15, -0.1) is 11.3 Å². The van der Waals surface area contributed by atoms with Crippen LogP contribution in [0.4, 0.5) is 0 Å². The zero-order valence-electron chi connectivity index (χ0n) is 13.5. The van der Waals surface area contributed by atoms with Crippen LogP contribution in [0.5, 0.6) is 0 Å². The molecule has 3 heterocycles. The van der Waals surface area contributed by atoms with Crippen molar-refractivity contribution < 1.29 is 14.3 Å². The second-order valence-corrected chi connectivity index (χ2v) is 7.70. The van der Waals surface area contributed by atoms with E-state index in [4.69, 9.17) is 4.74 Å². The average Bonchev–Trinajstić information content (AvgIpc) is 3.24. The molecule has 0 saturated carbocycles. The van der Waals surface area contributed by atoms with Crippen molar-refractivity contribution in [1.29, 1.82) is 0 Å². The van der Waals surface area contributed by atoms with E-state index in [1.165, 1.54) is 9.75 Å². The normalized spacial score (nSPS) is 22.3. The highest BCUT2D eigenvalue weighted by Gasteiger charge is 2.32. The van der Waals surface area contributed by atoms with Crippen molar-refractivity contribution >= 4 is 23.2 Å². The number of aryl methyl sites for hydroxylation is 1. The first-order chi connectivity index (χ1) is 11.1. The molecular formula is C17H24N2O3S. The maximum absolute atomic E-state index is 12.3. The fraction of sp³-hybridized carbons (Fsp3) is 0.647. The molecule has 6 heteroatoms. The average molecular weight is 336 g/mol. The Bertz CT molecular complexity index is 558. The van der Waals surface area contributed by atoms with Gasteiger partial charge < -0.3 is 15.0 Å². The lowest BCUT2D eigenvalue weighted by atomic mass is 9.95. The standard InChI is InChI=1S/C17H24N2O3S/c1-12-4-5-14(23-12)11-18-16(20)13-6-8-19(9-7-13)17(21)15-3-2-10-22-15/h4-5,13,15H,2-3,6-11H2,1H3,(H,18,20)/t15-/m0/s1. The minimum absolute atomic E-state index is 0.0182. The third-order valence-corrected chi connectivity index (χ3v) is 5.62. The topological polar surface area (TPSA) is 58.6 Å². The summed E-state index contributed by atoms with van der Waals surface area (Å²) in [6.45, 7) is 4.68. The van der Waals surface area contributed by atoms with Gasteiger partial charge in [0.25, 0.3) is 5.91 Å². The van der Waals surface area contributed by atoms with Crippen molar-refractivity contribution in [2.45, 2.75) is 45.3 Å². The molecule has 126 valence electrons. The fourth-order valence-corrected chi connectivity index (χ4v) is 4.07. The number of hydrogen-bond donors (Lipinski definition) is 1. The number of carbonyl (C=O) groups excluding carboxylic acids is 2. The van der Waals surface area contributed by atoms with Gasteiger partial charge in [-0.05, 0) is 44.7 Å². The Morgan fingerprint density at radius 1 is 1.30 bits per heavy atom. The van der Waals surface area contributed by atoms with E-state index in [9.17, 15) is 9.59 Å². The number of nitrogens with one attached hydrogen (secondary N) is 1. The molecule has 23 heavy (non-hydrogen) atoms. The number of rotatable bonds is 4. The maximum atomic E-state index is 12.3. The number of ether oxygens (including phenoxy) is 1. The van der Waals surface area contributed by atoms with Crippen LogP contribution in [0.1, 0.15) is 35.4 Å². The molecule has 2 aliphatic rings. The van der Waals surface area contributed by atoms with Crippen molar-refractivity contribution in [2.24, 2.45) is 5.92 Å². The van der Waals surface area contributed by atoms with E-state index in [0.717, 1.165) is 25.7 Å². The molecule has 2 amide bonds. The smallest absolute Gasteiger partial charge is 0.251 e. The Hall–Kier alpha value is -1.40. The van der Waals surface area contributed by atoms with E-state index in [1.807, 2.05) is 4.90 Å². The molecule has 2 fully saturated rings. The van der Waals surface area contributed by atoms with Crippen LogP contribution in [0.3, 0.4) is 0 Å². The predicted molar refractivity (Wildman–Crippen MR) is 89.2 cm³/mol. The van der Waals surface area contributed by atoms with Gasteiger partial charge in [-0.2, -0.15) is 0 Å². The summed E-state index contributed by atoms with van der Waals surface area (Å²) < 4.78 is 5.46. The fourth-order valence-electron chi connectivity index (χ4n) is 3.24. The minimum Gasteiger partial charge on any atom is -0.368 e. The molecule has 0 radical (unpaired) electrons. The van der Waals surface area contributed by atoms with Crippen LogP contribution in [0.15, 0.2) is 12.1 Å². The Morgan fingerprint density at radius 2 is 2.09 bits per heavy atom. The second kappa shape index (κ2) is 7.45. The van der Waals surface area contributed by atoms with Gasteiger partial charge in [0.1, 0.15) is 6.10 Å². The van der Waals surface area contributed by atoms with Crippen molar-refractivity contribution in [3.63, 3.8) is 0 Å². The molecule has 2 saturated heterocycles. The molecule has 2 aliphatic heterocycles. The quantitative estimate of drug-likeness (QED) is 0.916. The molecule has 0 aliphatic carbocycles. The number of likely N-dealkylation sites (tertiary alicyclic amines) is 1. The number of thiophene rings is 1. The monoisotopic (exact) mass is 336 g/mol. The molecule has 1 N–H and O–H groups in total. The Labute approximate surface area is 141 Å². The minimum atomic E-state index is -0.248. The number of nitrogens with zero attached hydrogens (tertiary/aromatic N) is 1. The lowest BCUT2D eigenvalue weighted by Gasteiger charge is -2.32. The van der Waals surface area contributed by atoms with Crippen LogP contribution in [0.25, 0.3) is 0 Å². The summed E-state index contributed by atoms with van der Waals surface area (Å²) in [4.78, 5) is 28.9. The number of piperidine rings is 1. The first-order valence-electron chi connectivity index (χ1n) is 8.37. The Morgan fingerprint density at radius 3 is 2.70 bits per heavy atom. The van der Waals surface area contributed by atoms with Gasteiger partial charge in [0.05, 0.1) is 6.54 Å². The third kappa shape index (κ3) is 4.12. The predicted octanol–water partition coefficient (Wildman–Crippen LogP) is 2.09. The van der Waals surface area contributed by atoms with Crippen molar-refractivity contribution in [3.05, 3.63) is 21.9 Å². The zero-order valence-corrected chi connectivity index (χ0v) is 14.4. The largest absolute Gasteiger partial charge is 0.368 e. The highest BCUT2D eigenvalue weighted by Crippen LogP contribution is 2.22. The third-order valence-electron chi connectivity index (χ3n) is 4.62.